The SMILES string of the molecule is O=C(C(=O)c1cc(Cl)ccc1F)c1ccc2ncc(Br)cc2c1. The van der Waals surface area contributed by atoms with Gasteiger partial charge in [0.15, 0.2) is 0 Å². The van der Waals surface area contributed by atoms with Crippen molar-refractivity contribution in [3.8, 4) is 0 Å². The van der Waals surface area contributed by atoms with E-state index in [1.807, 2.05) is 0 Å². The molecule has 0 spiro atoms. The van der Waals surface area contributed by atoms with Gasteiger partial charge in [0.2, 0.25) is 11.6 Å². The van der Waals surface area contributed by atoms with Crippen molar-refractivity contribution < 1.29 is 14.0 Å². The molecule has 0 bridgehead atoms. The van der Waals surface area contributed by atoms with E-state index in [9.17, 15) is 14.0 Å². The smallest absolute Gasteiger partial charge is 0.236 e. The van der Waals surface area contributed by atoms with Gasteiger partial charge < -0.3 is 0 Å². The van der Waals surface area contributed by atoms with Crippen LogP contribution < -0.4 is 0 Å². The van der Waals surface area contributed by atoms with Crippen molar-refractivity contribution in [3.05, 3.63) is 75.1 Å². The highest BCUT2D eigenvalue weighted by molar-refractivity contribution is 9.10. The van der Waals surface area contributed by atoms with Crippen molar-refractivity contribution in [2.45, 2.75) is 0 Å². The first-order chi connectivity index (χ1) is 11.0. The summed E-state index contributed by atoms with van der Waals surface area (Å²) in [7, 11) is 0. The van der Waals surface area contributed by atoms with Crippen molar-refractivity contribution in [3.63, 3.8) is 0 Å². The molecular weight excluding hydrogens is 385 g/mol. The van der Waals surface area contributed by atoms with E-state index in [4.69, 9.17) is 11.6 Å². The lowest BCUT2D eigenvalue weighted by molar-refractivity contribution is 0.0814. The first-order valence-corrected chi connectivity index (χ1v) is 7.72. The van der Waals surface area contributed by atoms with Crippen molar-refractivity contribution >= 4 is 50.0 Å². The highest BCUT2D eigenvalue weighted by Gasteiger charge is 2.22. The molecule has 0 aliphatic rings. The van der Waals surface area contributed by atoms with E-state index in [0.29, 0.717) is 10.9 Å². The number of rotatable bonds is 3. The fourth-order valence-electron chi connectivity index (χ4n) is 2.17. The van der Waals surface area contributed by atoms with Crippen LogP contribution in [0.15, 0.2) is 53.1 Å². The van der Waals surface area contributed by atoms with Crippen LogP contribution in [0.5, 0.6) is 0 Å². The molecule has 1 heterocycles. The van der Waals surface area contributed by atoms with Crippen molar-refractivity contribution in [2.75, 3.05) is 0 Å². The van der Waals surface area contributed by atoms with Gasteiger partial charge in [-0.15, -0.1) is 0 Å². The van der Waals surface area contributed by atoms with Gasteiger partial charge in [-0.25, -0.2) is 4.39 Å². The molecule has 0 atom stereocenters. The van der Waals surface area contributed by atoms with E-state index in [-0.39, 0.29) is 16.1 Å². The average Bonchev–Trinajstić information content (AvgIpc) is 2.55. The highest BCUT2D eigenvalue weighted by Crippen LogP contribution is 2.21. The quantitative estimate of drug-likeness (QED) is 0.472. The van der Waals surface area contributed by atoms with Gasteiger partial charge in [-0.3, -0.25) is 14.6 Å². The van der Waals surface area contributed by atoms with Crippen LogP contribution in [0.2, 0.25) is 5.02 Å². The van der Waals surface area contributed by atoms with Gasteiger partial charge in [-0.2, -0.15) is 0 Å². The molecule has 6 heteroatoms. The van der Waals surface area contributed by atoms with Crippen LogP contribution in [0.3, 0.4) is 0 Å². The standard InChI is InChI=1S/C17H8BrClFNO2/c18-11-6-10-5-9(1-4-15(10)21-8-11)16(22)17(23)13-7-12(19)2-3-14(13)20/h1-8H. The molecule has 3 rings (SSSR count). The van der Waals surface area contributed by atoms with Crippen LogP contribution >= 0.6 is 27.5 Å². The van der Waals surface area contributed by atoms with Gasteiger partial charge in [0, 0.05) is 26.6 Å². The second-order valence-corrected chi connectivity index (χ2v) is 6.20. The summed E-state index contributed by atoms with van der Waals surface area (Å²) in [6.45, 7) is 0. The summed E-state index contributed by atoms with van der Waals surface area (Å²) in [5, 5.41) is 0.888. The van der Waals surface area contributed by atoms with Crippen molar-refractivity contribution in [1.82, 2.24) is 4.98 Å². The second kappa shape index (κ2) is 6.18. The molecule has 23 heavy (non-hydrogen) atoms. The molecule has 3 nitrogen and oxygen atoms in total. The maximum absolute atomic E-state index is 13.8. The molecule has 0 N–H and O–H groups in total. The predicted octanol–water partition coefficient (Wildman–Crippen LogP) is 4.86. The van der Waals surface area contributed by atoms with Gasteiger partial charge in [0.05, 0.1) is 11.1 Å². The molecule has 0 fully saturated rings. The number of nitrogens with zero attached hydrogens (tertiary/aromatic N) is 1. The Hall–Kier alpha value is -2.11. The first-order valence-electron chi connectivity index (χ1n) is 6.55. The van der Waals surface area contributed by atoms with Gasteiger partial charge in [0.1, 0.15) is 5.82 Å². The minimum absolute atomic E-state index is 0.168. The zero-order valence-electron chi connectivity index (χ0n) is 11.5. The molecule has 114 valence electrons. The molecule has 0 radical (unpaired) electrons. The van der Waals surface area contributed by atoms with Crippen LogP contribution in [0, 0.1) is 5.82 Å². The van der Waals surface area contributed by atoms with Crippen LogP contribution in [-0.2, 0) is 0 Å². The van der Waals surface area contributed by atoms with Crippen LogP contribution in [0.4, 0.5) is 4.39 Å². The van der Waals surface area contributed by atoms with Crippen LogP contribution in [0.25, 0.3) is 10.9 Å². The molecule has 0 saturated heterocycles. The number of fused-ring (bicyclic) bond motifs is 1. The largest absolute Gasteiger partial charge is 0.285 e. The topological polar surface area (TPSA) is 47.0 Å². The highest BCUT2D eigenvalue weighted by atomic mass is 79.9. The Balaban J connectivity index is 2.02. The van der Waals surface area contributed by atoms with E-state index >= 15 is 0 Å². The lowest BCUT2D eigenvalue weighted by atomic mass is 10.00. The Morgan fingerprint density at radius 2 is 1.83 bits per heavy atom. The molecule has 0 aliphatic heterocycles. The van der Waals surface area contributed by atoms with Gasteiger partial charge in [0.25, 0.3) is 0 Å². The number of carbonyl (C=O) groups is 2. The summed E-state index contributed by atoms with van der Waals surface area (Å²) < 4.78 is 14.5. The van der Waals surface area contributed by atoms with Gasteiger partial charge in [-0.05, 0) is 58.4 Å². The fraction of sp³-hybridized carbons (Fsp3) is 0. The minimum atomic E-state index is -0.938. The number of halogens is 3. The van der Waals surface area contributed by atoms with Crippen molar-refractivity contribution in [1.29, 1.82) is 0 Å². The minimum Gasteiger partial charge on any atom is -0.285 e. The Labute approximate surface area is 144 Å². The maximum Gasteiger partial charge on any atom is 0.236 e. The van der Waals surface area contributed by atoms with Crippen LogP contribution in [-0.4, -0.2) is 16.6 Å². The van der Waals surface area contributed by atoms with E-state index in [1.165, 1.54) is 12.1 Å². The Morgan fingerprint density at radius 3 is 2.61 bits per heavy atom. The summed E-state index contributed by atoms with van der Waals surface area (Å²) in [5.74, 6) is -2.52. The molecule has 1 aromatic heterocycles. The van der Waals surface area contributed by atoms with Crippen LogP contribution in [0.1, 0.15) is 20.7 Å². The maximum atomic E-state index is 13.8. The zero-order valence-corrected chi connectivity index (χ0v) is 13.9. The molecule has 0 unspecified atom stereocenters. The van der Waals surface area contributed by atoms with E-state index in [2.05, 4.69) is 20.9 Å². The van der Waals surface area contributed by atoms with Gasteiger partial charge >= 0.3 is 0 Å². The summed E-state index contributed by atoms with van der Waals surface area (Å²) in [6, 6.07) is 9.99. The average molecular weight is 393 g/mol. The lowest BCUT2D eigenvalue weighted by Gasteiger charge is -2.04. The normalized spacial score (nSPS) is 10.7. The number of carbonyl (C=O) groups excluding carboxylic acids is 2. The molecule has 2 aromatic carbocycles. The first kappa shape index (κ1) is 15.8. The summed E-state index contributed by atoms with van der Waals surface area (Å²) in [5.41, 5.74) is 0.517. The van der Waals surface area contributed by atoms with E-state index < -0.39 is 17.4 Å². The third-order valence-corrected chi connectivity index (χ3v) is 3.96. The predicted molar refractivity (Wildman–Crippen MR) is 89.5 cm³/mol. The van der Waals surface area contributed by atoms with Crippen molar-refractivity contribution in [2.24, 2.45) is 0 Å². The molecule has 0 amide bonds. The summed E-state index contributed by atoms with van der Waals surface area (Å²) >= 11 is 9.06. The fourth-order valence-corrected chi connectivity index (χ4v) is 2.69. The van der Waals surface area contributed by atoms with Gasteiger partial charge in [-0.1, -0.05) is 11.6 Å². The Bertz CT molecular complexity index is 958. The summed E-state index contributed by atoms with van der Waals surface area (Å²) in [6.07, 6.45) is 1.64. The molecular formula is C17H8BrClFNO2. The number of ketones is 2. The monoisotopic (exact) mass is 391 g/mol. The van der Waals surface area contributed by atoms with E-state index in [0.717, 1.165) is 16.6 Å². The number of hydrogen-bond donors (Lipinski definition) is 0. The zero-order chi connectivity index (χ0) is 16.6. The number of benzene rings is 2. The lowest BCUT2D eigenvalue weighted by Crippen LogP contribution is -2.16. The third-order valence-electron chi connectivity index (χ3n) is 3.29. The Kier molecular flexibility index (Phi) is 4.24. The third kappa shape index (κ3) is 3.16. The second-order valence-electron chi connectivity index (χ2n) is 4.84. The molecule has 0 aliphatic carbocycles. The number of Topliss-reactive ketones (excluding diaryl/α,β-unsaturated/α-hetero) is 2. The summed E-state index contributed by atoms with van der Waals surface area (Å²) in [4.78, 5) is 28.8. The number of pyridine rings is 1. The molecule has 0 saturated carbocycles. The number of aromatic nitrogens is 1. The number of hydrogen-bond acceptors (Lipinski definition) is 3. The molecule has 3 aromatic rings. The Morgan fingerprint density at radius 1 is 1.04 bits per heavy atom. The van der Waals surface area contributed by atoms with E-state index in [1.54, 1.807) is 24.4 Å².